The van der Waals surface area contributed by atoms with Gasteiger partial charge in [0.25, 0.3) is 0 Å². The van der Waals surface area contributed by atoms with Gasteiger partial charge in [-0.2, -0.15) is 0 Å². The molecule has 0 saturated carbocycles. The third kappa shape index (κ3) is 1.92. The molecule has 0 aliphatic rings. The number of hydrogen-bond acceptors (Lipinski definition) is 1. The Kier molecular flexibility index (Phi) is 3.89. The van der Waals surface area contributed by atoms with Crippen molar-refractivity contribution in [3.8, 4) is 0 Å². The SMILES string of the molecule is O=Cc1c(Br)c(Br)c(Br)c2c(Br)cccc12. The second-order valence-electron chi connectivity index (χ2n) is 3.14. The van der Waals surface area contributed by atoms with E-state index >= 15 is 0 Å². The fraction of sp³-hybridized carbons (Fsp3) is 0. The van der Waals surface area contributed by atoms with Crippen LogP contribution in [0, 0.1) is 0 Å². The van der Waals surface area contributed by atoms with Crippen LogP contribution >= 0.6 is 63.7 Å². The van der Waals surface area contributed by atoms with Gasteiger partial charge in [-0.1, -0.05) is 28.1 Å². The van der Waals surface area contributed by atoms with E-state index in [1.54, 1.807) is 0 Å². The standard InChI is InChI=1S/C11H4Br4O/c12-7-3-1-2-5-6(4-16)9(13)11(15)10(14)8(5)7/h1-4H. The third-order valence-electron chi connectivity index (χ3n) is 2.26. The van der Waals surface area contributed by atoms with Crippen molar-refractivity contribution in [3.63, 3.8) is 0 Å². The molecule has 0 heterocycles. The van der Waals surface area contributed by atoms with E-state index in [9.17, 15) is 4.79 Å². The first-order valence-electron chi connectivity index (χ1n) is 4.27. The van der Waals surface area contributed by atoms with Gasteiger partial charge in [0.15, 0.2) is 6.29 Å². The molecule has 0 bridgehead atoms. The first-order chi connectivity index (χ1) is 7.57. The monoisotopic (exact) mass is 468 g/mol. The number of benzene rings is 2. The lowest BCUT2D eigenvalue weighted by Gasteiger charge is -2.10. The van der Waals surface area contributed by atoms with Crippen molar-refractivity contribution in [1.29, 1.82) is 0 Å². The van der Waals surface area contributed by atoms with Gasteiger partial charge >= 0.3 is 0 Å². The molecule has 2 rings (SSSR count). The van der Waals surface area contributed by atoms with Gasteiger partial charge in [0.1, 0.15) is 0 Å². The molecule has 0 aromatic heterocycles. The van der Waals surface area contributed by atoms with Gasteiger partial charge in [-0.05, 0) is 59.2 Å². The number of carbonyl (C=O) groups is 1. The molecule has 0 aliphatic carbocycles. The molecule has 0 unspecified atom stereocenters. The molecule has 0 N–H and O–H groups in total. The van der Waals surface area contributed by atoms with Crippen LogP contribution in [0.2, 0.25) is 0 Å². The van der Waals surface area contributed by atoms with E-state index in [4.69, 9.17) is 0 Å². The minimum atomic E-state index is 0.645. The van der Waals surface area contributed by atoms with Crippen molar-refractivity contribution in [3.05, 3.63) is 41.7 Å². The van der Waals surface area contributed by atoms with Crippen LogP contribution in [0.25, 0.3) is 10.8 Å². The average Bonchev–Trinajstić information content (AvgIpc) is 2.27. The smallest absolute Gasteiger partial charge is 0.151 e. The number of aldehydes is 1. The van der Waals surface area contributed by atoms with Gasteiger partial charge in [-0.15, -0.1) is 0 Å². The molecule has 1 nitrogen and oxygen atoms in total. The van der Waals surface area contributed by atoms with Gasteiger partial charge in [0, 0.05) is 28.8 Å². The molecule has 0 aliphatic heterocycles. The van der Waals surface area contributed by atoms with Crippen molar-refractivity contribution >= 4 is 80.8 Å². The van der Waals surface area contributed by atoms with Gasteiger partial charge < -0.3 is 0 Å². The van der Waals surface area contributed by atoms with Crippen LogP contribution in [0.1, 0.15) is 10.4 Å². The van der Waals surface area contributed by atoms with Crippen LogP contribution in [0.15, 0.2) is 36.1 Å². The highest BCUT2D eigenvalue weighted by Crippen LogP contribution is 2.42. The Bertz CT molecular complexity index is 592. The molecule has 0 spiro atoms. The quantitative estimate of drug-likeness (QED) is 0.385. The van der Waals surface area contributed by atoms with Crippen molar-refractivity contribution < 1.29 is 4.79 Å². The number of fused-ring (bicyclic) bond motifs is 1. The number of halogens is 4. The fourth-order valence-corrected chi connectivity index (χ4v) is 4.17. The molecule has 5 heteroatoms. The Hall–Kier alpha value is 0.290. The van der Waals surface area contributed by atoms with Crippen LogP contribution in [0.3, 0.4) is 0 Å². The van der Waals surface area contributed by atoms with E-state index in [1.165, 1.54) is 0 Å². The topological polar surface area (TPSA) is 17.1 Å². The summed E-state index contributed by atoms with van der Waals surface area (Å²) in [6.45, 7) is 0. The van der Waals surface area contributed by atoms with Crippen LogP contribution in [-0.2, 0) is 0 Å². The van der Waals surface area contributed by atoms with Gasteiger partial charge in [-0.3, -0.25) is 4.79 Å². The average molecular weight is 472 g/mol. The zero-order valence-electron chi connectivity index (χ0n) is 7.73. The van der Waals surface area contributed by atoms with Crippen LogP contribution in [-0.4, -0.2) is 6.29 Å². The molecule has 0 amide bonds. The lowest BCUT2D eigenvalue weighted by atomic mass is 10.1. The Labute approximate surface area is 126 Å². The Morgan fingerprint density at radius 2 is 1.62 bits per heavy atom. The van der Waals surface area contributed by atoms with Crippen molar-refractivity contribution in [2.45, 2.75) is 0 Å². The predicted octanol–water partition coefficient (Wildman–Crippen LogP) is 5.70. The summed E-state index contributed by atoms with van der Waals surface area (Å²) in [6, 6.07) is 5.78. The molecule has 82 valence electrons. The maximum absolute atomic E-state index is 11.1. The van der Waals surface area contributed by atoms with Gasteiger partial charge in [-0.25, -0.2) is 0 Å². The molecule has 0 fully saturated rings. The van der Waals surface area contributed by atoms with Crippen molar-refractivity contribution in [2.24, 2.45) is 0 Å². The zero-order valence-corrected chi connectivity index (χ0v) is 14.1. The highest BCUT2D eigenvalue weighted by atomic mass is 79.9. The van der Waals surface area contributed by atoms with E-state index < -0.39 is 0 Å². The van der Waals surface area contributed by atoms with Crippen molar-refractivity contribution in [2.75, 3.05) is 0 Å². The van der Waals surface area contributed by atoms with Crippen LogP contribution in [0.5, 0.6) is 0 Å². The third-order valence-corrected chi connectivity index (χ3v) is 6.40. The molecule has 0 atom stereocenters. The largest absolute Gasteiger partial charge is 0.298 e. The second-order valence-corrected chi connectivity index (χ2v) is 6.37. The predicted molar refractivity (Wildman–Crippen MR) is 80.1 cm³/mol. The highest BCUT2D eigenvalue weighted by molar-refractivity contribution is 9.14. The summed E-state index contributed by atoms with van der Waals surface area (Å²) in [7, 11) is 0. The lowest BCUT2D eigenvalue weighted by molar-refractivity contribution is 0.112. The Morgan fingerprint density at radius 3 is 2.25 bits per heavy atom. The number of hydrogen-bond donors (Lipinski definition) is 0. The first kappa shape index (κ1) is 12.7. The number of carbonyl (C=O) groups excluding carboxylic acids is 1. The van der Waals surface area contributed by atoms with E-state index in [2.05, 4.69) is 63.7 Å². The summed E-state index contributed by atoms with van der Waals surface area (Å²) in [6.07, 6.45) is 0.857. The lowest BCUT2D eigenvalue weighted by Crippen LogP contribution is -1.90. The summed E-state index contributed by atoms with van der Waals surface area (Å²) in [5.41, 5.74) is 0.645. The highest BCUT2D eigenvalue weighted by Gasteiger charge is 2.15. The first-order valence-corrected chi connectivity index (χ1v) is 7.45. The zero-order chi connectivity index (χ0) is 11.9. The fourth-order valence-electron chi connectivity index (χ4n) is 1.53. The Morgan fingerprint density at radius 1 is 0.938 bits per heavy atom. The molecular weight excluding hydrogens is 468 g/mol. The van der Waals surface area contributed by atoms with Crippen LogP contribution in [0.4, 0.5) is 0 Å². The number of rotatable bonds is 1. The molecule has 0 radical (unpaired) electrons. The summed E-state index contributed by atoms with van der Waals surface area (Å²) in [5, 5.41) is 1.89. The van der Waals surface area contributed by atoms with Crippen molar-refractivity contribution in [1.82, 2.24) is 0 Å². The second kappa shape index (κ2) is 4.88. The maximum Gasteiger partial charge on any atom is 0.151 e. The van der Waals surface area contributed by atoms with E-state index in [-0.39, 0.29) is 0 Å². The Balaban J connectivity index is 3.10. The summed E-state index contributed by atoms with van der Waals surface area (Å²) >= 11 is 13.9. The molecule has 0 saturated heterocycles. The maximum atomic E-state index is 11.1. The molecule has 2 aromatic rings. The minimum Gasteiger partial charge on any atom is -0.298 e. The summed E-state index contributed by atoms with van der Waals surface area (Å²) in [4.78, 5) is 11.1. The minimum absolute atomic E-state index is 0.645. The van der Waals surface area contributed by atoms with Crippen LogP contribution < -0.4 is 0 Å². The molecule has 16 heavy (non-hydrogen) atoms. The normalized spacial score (nSPS) is 10.8. The summed E-state index contributed by atoms with van der Waals surface area (Å²) < 4.78 is 3.48. The van der Waals surface area contributed by atoms with Gasteiger partial charge in [0.2, 0.25) is 0 Å². The summed E-state index contributed by atoms with van der Waals surface area (Å²) in [5.74, 6) is 0. The molecule has 2 aromatic carbocycles. The van der Waals surface area contributed by atoms with Gasteiger partial charge in [0.05, 0.1) is 0 Å². The van der Waals surface area contributed by atoms with E-state index in [0.717, 1.165) is 34.9 Å². The molecular formula is C11H4Br4O. The van der Waals surface area contributed by atoms with E-state index in [0.29, 0.717) is 5.56 Å². The van der Waals surface area contributed by atoms with E-state index in [1.807, 2.05) is 18.2 Å².